The zero-order chi connectivity index (χ0) is 47.4. The molecule has 0 aliphatic rings. The summed E-state index contributed by atoms with van der Waals surface area (Å²) in [5.74, 6) is -0.605. The number of allylic oxidation sites excluding steroid dienone is 14. The Morgan fingerprint density at radius 2 is 0.846 bits per heavy atom. The van der Waals surface area contributed by atoms with E-state index in [1.54, 1.807) is 0 Å². The summed E-state index contributed by atoms with van der Waals surface area (Å²) in [6.07, 6.45) is 68.0. The summed E-state index contributed by atoms with van der Waals surface area (Å²) in [6, 6.07) is -0.729. The number of ether oxygens (including phenoxy) is 1. The molecule has 0 fully saturated rings. The van der Waals surface area contributed by atoms with Crippen molar-refractivity contribution in [2.75, 3.05) is 6.61 Å². The zero-order valence-corrected chi connectivity index (χ0v) is 42.6. The third-order valence-corrected chi connectivity index (χ3v) is 12.0. The van der Waals surface area contributed by atoms with Crippen LogP contribution in [0.3, 0.4) is 0 Å². The van der Waals surface area contributed by atoms with Gasteiger partial charge < -0.3 is 20.3 Å². The van der Waals surface area contributed by atoms with Gasteiger partial charge in [0, 0.05) is 6.42 Å². The Morgan fingerprint density at radius 3 is 1.29 bits per heavy atom. The van der Waals surface area contributed by atoms with Gasteiger partial charge in [-0.25, -0.2) is 0 Å². The lowest BCUT2D eigenvalue weighted by Crippen LogP contribution is -2.46. The quantitative estimate of drug-likeness (QED) is 0.0321. The number of unbranched alkanes of at least 4 members (excludes halogenated alkanes) is 22. The van der Waals surface area contributed by atoms with Crippen LogP contribution in [0.25, 0.3) is 0 Å². The van der Waals surface area contributed by atoms with Crippen molar-refractivity contribution in [3.63, 3.8) is 0 Å². The highest BCUT2D eigenvalue weighted by Gasteiger charge is 2.24. The molecule has 0 bridgehead atoms. The van der Waals surface area contributed by atoms with Crippen LogP contribution in [0, 0.1) is 0 Å². The van der Waals surface area contributed by atoms with Crippen LogP contribution in [-0.4, -0.2) is 46.9 Å². The van der Waals surface area contributed by atoms with E-state index in [0.717, 1.165) is 77.0 Å². The Labute approximate surface area is 402 Å². The molecule has 0 aromatic carbocycles. The second-order valence-electron chi connectivity index (χ2n) is 18.2. The summed E-state index contributed by atoms with van der Waals surface area (Å²) < 4.78 is 5.87. The molecule has 0 spiro atoms. The molecular formula is C59H103NO5. The van der Waals surface area contributed by atoms with Gasteiger partial charge in [-0.1, -0.05) is 241 Å². The van der Waals surface area contributed by atoms with Gasteiger partial charge in [-0.15, -0.1) is 0 Å². The maximum atomic E-state index is 13.2. The number of hydrogen-bond acceptors (Lipinski definition) is 5. The van der Waals surface area contributed by atoms with E-state index < -0.39 is 18.2 Å². The Morgan fingerprint density at radius 1 is 0.462 bits per heavy atom. The molecule has 374 valence electrons. The Bertz CT molecular complexity index is 1250. The lowest BCUT2D eigenvalue weighted by molar-refractivity contribution is -0.150. The molecule has 6 nitrogen and oxygen atoms in total. The van der Waals surface area contributed by atoms with Crippen molar-refractivity contribution in [1.29, 1.82) is 0 Å². The van der Waals surface area contributed by atoms with Gasteiger partial charge in [0.05, 0.1) is 25.2 Å². The van der Waals surface area contributed by atoms with E-state index in [9.17, 15) is 19.8 Å². The van der Waals surface area contributed by atoms with Gasteiger partial charge in [0.2, 0.25) is 5.91 Å². The highest BCUT2D eigenvalue weighted by molar-refractivity contribution is 5.77. The van der Waals surface area contributed by atoms with Crippen molar-refractivity contribution in [3.8, 4) is 0 Å². The number of hydrogen-bond donors (Lipinski definition) is 3. The molecule has 6 heteroatoms. The molecule has 3 atom stereocenters. The second kappa shape index (κ2) is 52.0. The van der Waals surface area contributed by atoms with Gasteiger partial charge in [-0.05, 0) is 83.5 Å². The Balaban J connectivity index is 4.63. The third-order valence-electron chi connectivity index (χ3n) is 12.0. The first-order chi connectivity index (χ1) is 32.0. The van der Waals surface area contributed by atoms with E-state index in [4.69, 9.17) is 4.74 Å². The summed E-state index contributed by atoms with van der Waals surface area (Å²) >= 11 is 0. The second-order valence-corrected chi connectivity index (χ2v) is 18.2. The van der Waals surface area contributed by atoms with Crippen LogP contribution in [0.1, 0.15) is 252 Å². The monoisotopic (exact) mass is 906 g/mol. The van der Waals surface area contributed by atoms with Crippen molar-refractivity contribution in [2.45, 2.75) is 270 Å². The largest absolute Gasteiger partial charge is 0.462 e. The lowest BCUT2D eigenvalue weighted by Gasteiger charge is -2.24. The predicted octanol–water partition coefficient (Wildman–Crippen LogP) is 16.7. The molecule has 1 amide bonds. The number of aliphatic hydroxyl groups is 2. The number of nitrogens with one attached hydrogen (secondary N) is 1. The van der Waals surface area contributed by atoms with Crippen LogP contribution in [0.4, 0.5) is 0 Å². The minimum atomic E-state index is -0.810. The standard InChI is InChI=1S/C59H103NO5/c1-4-7-10-13-16-19-22-24-26-28-29-30-32-34-37-40-43-46-49-52-59(64)65-55(50-47-44-41-38-35-21-18-15-12-9-6-3)53-58(63)60-56(54-61)57(62)51-48-45-42-39-36-33-31-27-25-23-20-17-14-11-8-5-2/h7,10,16,19,24,26,29-30,34,37-38,41,43,46,55-57,61-62H,4-6,8-9,11-15,17-18,20-23,25,27-28,31-33,35-36,39-40,42,44-45,47-54H2,1-3H3,(H,60,63)/b10-7-,19-16-,26-24-,30-29-,37-34-,41-38-,46-43-. The van der Waals surface area contributed by atoms with Crippen molar-refractivity contribution in [3.05, 3.63) is 85.1 Å². The van der Waals surface area contributed by atoms with E-state index in [2.05, 4.69) is 105 Å². The zero-order valence-electron chi connectivity index (χ0n) is 42.6. The summed E-state index contributed by atoms with van der Waals surface area (Å²) in [5.41, 5.74) is 0. The first-order valence-electron chi connectivity index (χ1n) is 27.3. The van der Waals surface area contributed by atoms with E-state index >= 15 is 0 Å². The number of carbonyl (C=O) groups excluding carboxylic acids is 2. The molecule has 0 heterocycles. The summed E-state index contributed by atoms with van der Waals surface area (Å²) in [5, 5.41) is 23.8. The third kappa shape index (κ3) is 47.3. The molecule has 65 heavy (non-hydrogen) atoms. The highest BCUT2D eigenvalue weighted by Crippen LogP contribution is 2.17. The molecular weight excluding hydrogens is 803 g/mol. The number of esters is 1. The van der Waals surface area contributed by atoms with E-state index in [1.807, 2.05) is 6.08 Å². The molecule has 0 aliphatic heterocycles. The van der Waals surface area contributed by atoms with Gasteiger partial charge >= 0.3 is 5.97 Å². The topological polar surface area (TPSA) is 95.9 Å². The highest BCUT2D eigenvalue weighted by atomic mass is 16.5. The molecule has 0 aliphatic carbocycles. The van der Waals surface area contributed by atoms with Gasteiger partial charge in [0.15, 0.2) is 0 Å². The maximum absolute atomic E-state index is 13.2. The Kier molecular flexibility index (Phi) is 49.6. The summed E-state index contributed by atoms with van der Waals surface area (Å²) in [6.45, 7) is 6.34. The predicted molar refractivity (Wildman–Crippen MR) is 282 cm³/mol. The molecule has 0 radical (unpaired) electrons. The number of amides is 1. The molecule has 0 saturated carbocycles. The van der Waals surface area contributed by atoms with Crippen LogP contribution in [0.5, 0.6) is 0 Å². The minimum absolute atomic E-state index is 0.0232. The molecule has 0 rings (SSSR count). The normalized spacial score (nSPS) is 13.9. The van der Waals surface area contributed by atoms with E-state index in [-0.39, 0.29) is 31.3 Å². The van der Waals surface area contributed by atoms with Crippen LogP contribution in [-0.2, 0) is 14.3 Å². The van der Waals surface area contributed by atoms with E-state index in [0.29, 0.717) is 19.3 Å². The molecule has 3 unspecified atom stereocenters. The van der Waals surface area contributed by atoms with Crippen LogP contribution >= 0.6 is 0 Å². The maximum Gasteiger partial charge on any atom is 0.306 e. The van der Waals surface area contributed by atoms with Crippen molar-refractivity contribution in [2.24, 2.45) is 0 Å². The molecule has 0 aromatic rings. The Hall–Kier alpha value is -2.96. The van der Waals surface area contributed by atoms with Gasteiger partial charge in [-0.3, -0.25) is 9.59 Å². The number of rotatable bonds is 48. The van der Waals surface area contributed by atoms with Crippen LogP contribution < -0.4 is 5.32 Å². The SMILES string of the molecule is CC/C=C\C/C=C\C/C=C\C/C=C\C/C=C\C/C=C\CCC(=O)OC(CCC/C=C\CCCCCCCC)CC(=O)NC(CO)C(O)CCCCCCCCCCCCCCCCCC. The fraction of sp³-hybridized carbons (Fsp3) is 0.729. The fourth-order valence-corrected chi connectivity index (χ4v) is 7.87. The van der Waals surface area contributed by atoms with Gasteiger partial charge in [-0.2, -0.15) is 0 Å². The summed E-state index contributed by atoms with van der Waals surface area (Å²) in [7, 11) is 0. The first-order valence-corrected chi connectivity index (χ1v) is 27.3. The van der Waals surface area contributed by atoms with Crippen molar-refractivity contribution in [1.82, 2.24) is 5.32 Å². The van der Waals surface area contributed by atoms with Gasteiger partial charge in [0.1, 0.15) is 6.10 Å². The van der Waals surface area contributed by atoms with Crippen LogP contribution in [0.15, 0.2) is 85.1 Å². The average molecular weight is 906 g/mol. The van der Waals surface area contributed by atoms with Crippen molar-refractivity contribution >= 4 is 11.9 Å². The molecule has 0 aromatic heterocycles. The molecule has 0 saturated heterocycles. The molecule has 3 N–H and O–H groups in total. The number of carbonyl (C=O) groups is 2. The van der Waals surface area contributed by atoms with Crippen molar-refractivity contribution < 1.29 is 24.5 Å². The first kappa shape index (κ1) is 62.0. The average Bonchev–Trinajstić information content (AvgIpc) is 3.30. The lowest BCUT2D eigenvalue weighted by atomic mass is 10.0. The summed E-state index contributed by atoms with van der Waals surface area (Å²) in [4.78, 5) is 26.1. The fourth-order valence-electron chi connectivity index (χ4n) is 7.87. The minimum Gasteiger partial charge on any atom is -0.462 e. The van der Waals surface area contributed by atoms with E-state index in [1.165, 1.54) is 122 Å². The van der Waals surface area contributed by atoms with Gasteiger partial charge in [0.25, 0.3) is 0 Å². The number of aliphatic hydroxyl groups excluding tert-OH is 2. The van der Waals surface area contributed by atoms with Crippen LogP contribution in [0.2, 0.25) is 0 Å². The smallest absolute Gasteiger partial charge is 0.306 e.